The van der Waals surface area contributed by atoms with Crippen LogP contribution in [0.4, 0.5) is 0 Å². The van der Waals surface area contributed by atoms with Crippen LogP contribution in [-0.4, -0.2) is 37.2 Å². The Hall–Kier alpha value is -1.56. The molecule has 6 heteroatoms. The van der Waals surface area contributed by atoms with Gasteiger partial charge in [0, 0.05) is 5.92 Å². The summed E-state index contributed by atoms with van der Waals surface area (Å²) in [5.41, 5.74) is 1.65. The van der Waals surface area contributed by atoms with Crippen molar-refractivity contribution in [3.05, 3.63) is 18.0 Å². The van der Waals surface area contributed by atoms with Crippen molar-refractivity contribution in [2.75, 3.05) is 0 Å². The van der Waals surface area contributed by atoms with Crippen molar-refractivity contribution in [1.29, 1.82) is 0 Å². The Morgan fingerprint density at radius 3 is 2.96 bits per heavy atom. The highest BCUT2D eigenvalue weighted by atomic mass is 16.3. The van der Waals surface area contributed by atoms with E-state index >= 15 is 0 Å². The molecule has 0 aliphatic heterocycles. The molecule has 0 bridgehead atoms. The van der Waals surface area contributed by atoms with Crippen LogP contribution in [0.2, 0.25) is 0 Å². The summed E-state index contributed by atoms with van der Waals surface area (Å²) in [5, 5.41) is 21.7. The number of rotatable bonds is 3. The van der Waals surface area contributed by atoms with E-state index in [1.165, 1.54) is 29.5 Å². The number of carbonyl (C=O) groups is 1. The van der Waals surface area contributed by atoms with Gasteiger partial charge in [0.15, 0.2) is 12.1 Å². The number of ketones is 1. The second-order valence-electron chi connectivity index (χ2n) is 9.60. The minimum atomic E-state index is -0.128. The van der Waals surface area contributed by atoms with Gasteiger partial charge in [0.25, 0.3) is 0 Å². The van der Waals surface area contributed by atoms with Gasteiger partial charge >= 0.3 is 0 Å². The Morgan fingerprint density at radius 2 is 2.15 bits per heavy atom. The highest BCUT2D eigenvalue weighted by molar-refractivity contribution is 5.81. The van der Waals surface area contributed by atoms with Crippen molar-refractivity contribution in [2.24, 2.45) is 35.0 Å². The molecule has 27 heavy (non-hydrogen) atoms. The third-order valence-corrected chi connectivity index (χ3v) is 8.50. The van der Waals surface area contributed by atoms with Gasteiger partial charge in [-0.05, 0) is 85.7 Å². The van der Waals surface area contributed by atoms with E-state index in [2.05, 4.69) is 28.4 Å². The van der Waals surface area contributed by atoms with Crippen LogP contribution in [0.3, 0.4) is 0 Å². The van der Waals surface area contributed by atoms with E-state index in [4.69, 9.17) is 0 Å². The number of fused-ring (bicyclic) bond motifs is 5. The van der Waals surface area contributed by atoms with E-state index in [9.17, 15) is 9.90 Å². The highest BCUT2D eigenvalue weighted by Crippen LogP contribution is 2.63. The van der Waals surface area contributed by atoms with Gasteiger partial charge in [-0.3, -0.25) is 4.79 Å². The lowest BCUT2D eigenvalue weighted by atomic mass is 9.51. The van der Waals surface area contributed by atoms with Crippen LogP contribution in [0, 0.1) is 35.0 Å². The summed E-state index contributed by atoms with van der Waals surface area (Å²) in [6.45, 7) is 2.63. The lowest BCUT2D eigenvalue weighted by Gasteiger charge is -2.53. The smallest absolute Gasteiger partial charge is 0.162 e. The molecule has 3 fully saturated rings. The Bertz CT molecular complexity index is 745. The van der Waals surface area contributed by atoms with Crippen LogP contribution in [-0.2, 0) is 11.3 Å². The van der Waals surface area contributed by atoms with Crippen molar-refractivity contribution >= 4 is 5.78 Å². The van der Waals surface area contributed by atoms with Gasteiger partial charge in [-0.15, -0.1) is 10.2 Å². The van der Waals surface area contributed by atoms with E-state index in [1.807, 2.05) is 0 Å². The van der Waals surface area contributed by atoms with Crippen molar-refractivity contribution in [3.63, 3.8) is 0 Å². The molecule has 7 unspecified atom stereocenters. The number of nitrogens with zero attached hydrogens (tertiary/aromatic N) is 4. The Labute approximate surface area is 160 Å². The zero-order chi connectivity index (χ0) is 18.6. The quantitative estimate of drug-likeness (QED) is 0.828. The zero-order valence-electron chi connectivity index (χ0n) is 16.1. The topological polar surface area (TPSA) is 80.9 Å². The first-order chi connectivity index (χ1) is 13.1. The first kappa shape index (κ1) is 17.5. The molecular formula is C21H30N4O2. The van der Waals surface area contributed by atoms with E-state index in [0.29, 0.717) is 11.8 Å². The fourth-order valence-corrected chi connectivity index (χ4v) is 7.29. The third kappa shape index (κ3) is 2.79. The van der Waals surface area contributed by atoms with Crippen molar-refractivity contribution in [2.45, 2.75) is 70.9 Å². The summed E-state index contributed by atoms with van der Waals surface area (Å²) in [5.74, 6) is 3.23. The Morgan fingerprint density at radius 1 is 1.26 bits per heavy atom. The minimum Gasteiger partial charge on any atom is -0.393 e. The highest BCUT2D eigenvalue weighted by Gasteiger charge is 2.57. The summed E-state index contributed by atoms with van der Waals surface area (Å²) in [6.07, 6.45) is 12.5. The second kappa shape index (κ2) is 6.50. The Balaban J connectivity index is 1.36. The van der Waals surface area contributed by atoms with Gasteiger partial charge in [-0.1, -0.05) is 18.6 Å². The predicted molar refractivity (Wildman–Crippen MR) is 99.4 cm³/mol. The molecule has 1 N–H and O–H groups in total. The number of allylic oxidation sites excluding steroid dienone is 1. The summed E-state index contributed by atoms with van der Waals surface area (Å²) in [4.78, 5) is 14.5. The van der Waals surface area contributed by atoms with Crippen molar-refractivity contribution < 1.29 is 9.90 Å². The molecule has 4 aliphatic carbocycles. The molecule has 0 radical (unpaired) electrons. The monoisotopic (exact) mass is 370 g/mol. The molecule has 0 spiro atoms. The average molecular weight is 370 g/mol. The van der Waals surface area contributed by atoms with Crippen molar-refractivity contribution in [1.82, 2.24) is 20.2 Å². The van der Waals surface area contributed by atoms with Crippen LogP contribution in [0.15, 0.2) is 18.0 Å². The van der Waals surface area contributed by atoms with Gasteiger partial charge in [0.2, 0.25) is 0 Å². The number of Topliss-reactive ketones (excluding diaryl/α,β-unsaturated/α-hetero) is 1. The molecule has 0 aromatic carbocycles. The summed E-state index contributed by atoms with van der Waals surface area (Å²) in [6, 6.07) is 0. The summed E-state index contributed by atoms with van der Waals surface area (Å²) < 4.78 is 0. The van der Waals surface area contributed by atoms with Crippen molar-refractivity contribution in [3.8, 4) is 0 Å². The third-order valence-electron chi connectivity index (χ3n) is 8.50. The molecule has 6 nitrogen and oxygen atoms in total. The lowest BCUT2D eigenvalue weighted by Crippen LogP contribution is -2.47. The van der Waals surface area contributed by atoms with Crippen LogP contribution >= 0.6 is 0 Å². The van der Waals surface area contributed by atoms with Crippen LogP contribution in [0.25, 0.3) is 0 Å². The average Bonchev–Trinajstić information content (AvgIpc) is 3.28. The zero-order valence-corrected chi connectivity index (χ0v) is 16.1. The minimum absolute atomic E-state index is 0.123. The number of aromatic nitrogens is 4. The number of carbonyl (C=O) groups excluding carboxylic acids is 1. The molecular weight excluding hydrogens is 340 g/mol. The molecule has 0 saturated heterocycles. The molecule has 5 rings (SSSR count). The fraction of sp³-hybridized carbons (Fsp3) is 0.810. The van der Waals surface area contributed by atoms with E-state index < -0.39 is 0 Å². The maximum atomic E-state index is 13.0. The number of tetrazole rings is 1. The predicted octanol–water partition coefficient (Wildman–Crippen LogP) is 2.79. The van der Waals surface area contributed by atoms with Crippen LogP contribution in [0.5, 0.6) is 0 Å². The normalized spacial score (nSPS) is 43.4. The Kier molecular flexibility index (Phi) is 4.22. The van der Waals surface area contributed by atoms with Gasteiger partial charge in [0.05, 0.1) is 6.10 Å². The summed E-state index contributed by atoms with van der Waals surface area (Å²) >= 11 is 0. The standard InChI is InChI=1S/C21H30N4O2/c1-21-9-8-16-15-5-3-14(26)10-13(15)2-4-17(16)18(21)6-7-19(21)20(27)11-25-23-12-22-24-25/h2,12,14-19,26H,3-11H2,1H3. The van der Waals surface area contributed by atoms with Gasteiger partial charge in [-0.25, -0.2) is 0 Å². The number of aliphatic hydroxyl groups excluding tert-OH is 1. The second-order valence-corrected chi connectivity index (χ2v) is 9.60. The number of aliphatic hydroxyl groups is 1. The largest absolute Gasteiger partial charge is 0.393 e. The molecule has 1 aromatic heterocycles. The number of hydrogen-bond acceptors (Lipinski definition) is 5. The van der Waals surface area contributed by atoms with E-state index in [0.717, 1.165) is 50.4 Å². The molecule has 3 saturated carbocycles. The van der Waals surface area contributed by atoms with Crippen LogP contribution in [0.1, 0.15) is 58.3 Å². The maximum Gasteiger partial charge on any atom is 0.162 e. The van der Waals surface area contributed by atoms with E-state index in [1.54, 1.807) is 0 Å². The summed E-state index contributed by atoms with van der Waals surface area (Å²) in [7, 11) is 0. The van der Waals surface area contributed by atoms with E-state index in [-0.39, 0.29) is 29.8 Å². The lowest BCUT2D eigenvalue weighted by molar-refractivity contribution is -0.130. The van der Waals surface area contributed by atoms with Gasteiger partial charge in [-0.2, -0.15) is 4.80 Å². The maximum absolute atomic E-state index is 13.0. The molecule has 1 aromatic rings. The molecule has 0 amide bonds. The van der Waals surface area contributed by atoms with Gasteiger partial charge < -0.3 is 5.11 Å². The molecule has 1 heterocycles. The first-order valence-corrected chi connectivity index (χ1v) is 10.7. The molecule has 4 aliphatic rings. The fourth-order valence-electron chi connectivity index (χ4n) is 7.29. The molecule has 146 valence electrons. The SMILES string of the molecule is CC12CCC3C4CCC(O)CC4=CCC3C1CCC2C(=O)Cn1ncnn1. The molecule has 7 atom stereocenters. The number of hydrogen-bond donors (Lipinski definition) is 1. The first-order valence-electron chi connectivity index (χ1n) is 10.7. The van der Waals surface area contributed by atoms with Gasteiger partial charge in [0.1, 0.15) is 6.54 Å². The van der Waals surface area contributed by atoms with Crippen LogP contribution < -0.4 is 0 Å².